The molecule has 0 N–H and O–H groups in total. The van der Waals surface area contributed by atoms with Gasteiger partial charge in [0.1, 0.15) is 17.1 Å². The van der Waals surface area contributed by atoms with Gasteiger partial charge in [-0.05, 0) is 66.4 Å². The molecule has 0 atom stereocenters. The van der Waals surface area contributed by atoms with Crippen LogP contribution in [0.5, 0.6) is 11.5 Å². The van der Waals surface area contributed by atoms with E-state index in [1.54, 1.807) is 36.4 Å². The van der Waals surface area contributed by atoms with Crippen LogP contribution in [0.4, 0.5) is 10.1 Å². The molecule has 36 heavy (non-hydrogen) atoms. The minimum absolute atomic E-state index is 0.146. The molecule has 0 saturated carbocycles. The number of benzene rings is 3. The standard InChI is InChI=1S/C30H25FN4O/c1-5-28-34-29-19(2)16-20(3)33-30(29)35(28)18-21-10-12-22(13-11-21)24-17-23(14-15-26(24)32-4)36-27-9-7-6-8-25(27)31/h6-17H,5,18H2,1-3H3. The number of rotatable bonds is 6. The third-order valence-electron chi connectivity index (χ3n) is 6.18. The molecule has 0 aliphatic rings. The molecule has 5 aromatic rings. The topological polar surface area (TPSA) is 44.3 Å². The number of pyridine rings is 1. The van der Waals surface area contributed by atoms with E-state index < -0.39 is 5.82 Å². The Hall–Kier alpha value is -4.50. The van der Waals surface area contributed by atoms with Gasteiger partial charge in [0.15, 0.2) is 22.9 Å². The third kappa shape index (κ3) is 4.44. The fourth-order valence-corrected chi connectivity index (χ4v) is 4.42. The second kappa shape index (κ2) is 9.63. The Balaban J connectivity index is 1.46. The van der Waals surface area contributed by atoms with Crippen molar-refractivity contribution in [3.63, 3.8) is 0 Å². The zero-order chi connectivity index (χ0) is 25.2. The number of fused-ring (bicyclic) bond motifs is 1. The highest BCUT2D eigenvalue weighted by Crippen LogP contribution is 2.36. The Morgan fingerprint density at radius 1 is 0.972 bits per heavy atom. The van der Waals surface area contributed by atoms with E-state index in [4.69, 9.17) is 21.3 Å². The molecule has 2 heterocycles. The van der Waals surface area contributed by atoms with Gasteiger partial charge in [-0.1, -0.05) is 49.4 Å². The average molecular weight is 477 g/mol. The van der Waals surface area contributed by atoms with Crippen molar-refractivity contribution in [3.05, 3.63) is 113 Å². The van der Waals surface area contributed by atoms with Crippen molar-refractivity contribution in [2.24, 2.45) is 0 Å². The molecule has 0 bridgehead atoms. The zero-order valence-electron chi connectivity index (χ0n) is 20.4. The summed E-state index contributed by atoms with van der Waals surface area (Å²) in [6.45, 7) is 14.4. The van der Waals surface area contributed by atoms with Crippen molar-refractivity contribution in [1.29, 1.82) is 0 Å². The average Bonchev–Trinajstić information content (AvgIpc) is 3.23. The molecule has 0 amide bonds. The molecule has 5 rings (SSSR count). The maximum absolute atomic E-state index is 14.1. The fraction of sp³-hybridized carbons (Fsp3) is 0.167. The molecule has 0 radical (unpaired) electrons. The van der Waals surface area contributed by atoms with Gasteiger partial charge in [-0.25, -0.2) is 19.2 Å². The van der Waals surface area contributed by atoms with Crippen molar-refractivity contribution in [2.75, 3.05) is 0 Å². The first-order valence-electron chi connectivity index (χ1n) is 11.8. The number of hydrogen-bond donors (Lipinski definition) is 0. The Bertz CT molecular complexity index is 1610. The number of ether oxygens (including phenoxy) is 1. The summed E-state index contributed by atoms with van der Waals surface area (Å²) in [6, 6.07) is 21.6. The van der Waals surface area contributed by atoms with Gasteiger partial charge in [0.05, 0.1) is 13.1 Å². The number of para-hydroxylation sites is 1. The summed E-state index contributed by atoms with van der Waals surface area (Å²) < 4.78 is 22.0. The lowest BCUT2D eigenvalue weighted by Crippen LogP contribution is -2.05. The first-order valence-corrected chi connectivity index (χ1v) is 11.8. The van der Waals surface area contributed by atoms with Crippen molar-refractivity contribution >= 4 is 16.9 Å². The second-order valence-corrected chi connectivity index (χ2v) is 8.74. The molecule has 6 heteroatoms. The van der Waals surface area contributed by atoms with Gasteiger partial charge in [0, 0.05) is 12.1 Å². The summed E-state index contributed by atoms with van der Waals surface area (Å²) in [6.07, 6.45) is 0.816. The first-order chi connectivity index (χ1) is 17.5. The molecule has 0 unspecified atom stereocenters. The van der Waals surface area contributed by atoms with Crippen molar-refractivity contribution in [1.82, 2.24) is 14.5 Å². The molecule has 3 aromatic carbocycles. The minimum Gasteiger partial charge on any atom is -0.454 e. The van der Waals surface area contributed by atoms with E-state index in [1.807, 2.05) is 19.1 Å². The number of aryl methyl sites for hydroxylation is 3. The summed E-state index contributed by atoms with van der Waals surface area (Å²) in [7, 11) is 0. The minimum atomic E-state index is -0.434. The first kappa shape index (κ1) is 23.3. The van der Waals surface area contributed by atoms with Crippen LogP contribution in [0.1, 0.15) is 29.6 Å². The molecule has 0 aliphatic carbocycles. The van der Waals surface area contributed by atoms with Gasteiger partial charge >= 0.3 is 0 Å². The van der Waals surface area contributed by atoms with E-state index in [1.165, 1.54) is 6.07 Å². The molecular formula is C30H25FN4O. The van der Waals surface area contributed by atoms with E-state index >= 15 is 0 Å². The van der Waals surface area contributed by atoms with Crippen LogP contribution in [0.15, 0.2) is 72.8 Å². The normalized spacial score (nSPS) is 11.0. The zero-order valence-corrected chi connectivity index (χ0v) is 20.4. The lowest BCUT2D eigenvalue weighted by molar-refractivity contribution is 0.442. The van der Waals surface area contributed by atoms with Crippen LogP contribution >= 0.6 is 0 Å². The number of aromatic nitrogens is 3. The van der Waals surface area contributed by atoms with Gasteiger partial charge in [-0.3, -0.25) is 0 Å². The van der Waals surface area contributed by atoms with Gasteiger partial charge in [-0.2, -0.15) is 0 Å². The molecule has 5 nitrogen and oxygen atoms in total. The monoisotopic (exact) mass is 476 g/mol. The second-order valence-electron chi connectivity index (χ2n) is 8.74. The molecule has 0 aliphatic heterocycles. The smallest absolute Gasteiger partial charge is 0.195 e. The Morgan fingerprint density at radius 3 is 2.47 bits per heavy atom. The van der Waals surface area contributed by atoms with E-state index in [-0.39, 0.29) is 5.75 Å². The lowest BCUT2D eigenvalue weighted by Gasteiger charge is -2.12. The number of halogens is 1. The number of nitrogens with zero attached hydrogens (tertiary/aromatic N) is 4. The van der Waals surface area contributed by atoms with Crippen LogP contribution in [0.2, 0.25) is 0 Å². The van der Waals surface area contributed by atoms with Crippen LogP contribution in [0.25, 0.3) is 27.1 Å². The van der Waals surface area contributed by atoms with E-state index in [2.05, 4.69) is 41.5 Å². The molecule has 0 spiro atoms. The lowest BCUT2D eigenvalue weighted by atomic mass is 10.0. The largest absolute Gasteiger partial charge is 0.454 e. The molecule has 0 fully saturated rings. The Kier molecular flexibility index (Phi) is 6.22. The van der Waals surface area contributed by atoms with Gasteiger partial charge < -0.3 is 9.30 Å². The highest BCUT2D eigenvalue weighted by molar-refractivity contribution is 5.80. The van der Waals surface area contributed by atoms with E-state index in [0.717, 1.165) is 51.4 Å². The highest BCUT2D eigenvalue weighted by atomic mass is 19.1. The van der Waals surface area contributed by atoms with Gasteiger partial charge in [0.2, 0.25) is 0 Å². The van der Waals surface area contributed by atoms with E-state index in [0.29, 0.717) is 18.0 Å². The summed E-state index contributed by atoms with van der Waals surface area (Å²) in [5, 5.41) is 0. The fourth-order valence-electron chi connectivity index (χ4n) is 4.42. The van der Waals surface area contributed by atoms with Crippen molar-refractivity contribution in [2.45, 2.75) is 33.7 Å². The van der Waals surface area contributed by atoms with E-state index in [9.17, 15) is 4.39 Å². The molecule has 2 aromatic heterocycles. The van der Waals surface area contributed by atoms with Crippen LogP contribution in [0, 0.1) is 26.2 Å². The summed E-state index contributed by atoms with van der Waals surface area (Å²) in [5.41, 5.74) is 7.20. The maximum Gasteiger partial charge on any atom is 0.195 e. The number of hydrogen-bond acceptors (Lipinski definition) is 3. The third-order valence-corrected chi connectivity index (χ3v) is 6.18. The quantitative estimate of drug-likeness (QED) is 0.235. The van der Waals surface area contributed by atoms with Crippen LogP contribution in [0.3, 0.4) is 0 Å². The SMILES string of the molecule is [C-]#[N+]c1ccc(Oc2ccccc2F)cc1-c1ccc(Cn2c(CC)nc3c(C)cc(C)nc32)cc1. The predicted octanol–water partition coefficient (Wildman–Crippen LogP) is 7.81. The number of imidazole rings is 1. The van der Waals surface area contributed by atoms with Crippen molar-refractivity contribution < 1.29 is 9.13 Å². The summed E-state index contributed by atoms with van der Waals surface area (Å²) >= 11 is 0. The van der Waals surface area contributed by atoms with Gasteiger partial charge in [-0.15, -0.1) is 0 Å². The summed E-state index contributed by atoms with van der Waals surface area (Å²) in [5.74, 6) is 1.19. The summed E-state index contributed by atoms with van der Waals surface area (Å²) in [4.78, 5) is 13.3. The maximum atomic E-state index is 14.1. The van der Waals surface area contributed by atoms with Crippen LogP contribution in [-0.4, -0.2) is 14.5 Å². The highest BCUT2D eigenvalue weighted by Gasteiger charge is 2.14. The molecular weight excluding hydrogens is 451 g/mol. The molecule has 0 saturated heterocycles. The molecule has 178 valence electrons. The predicted molar refractivity (Wildman–Crippen MR) is 140 cm³/mol. The Morgan fingerprint density at radius 2 is 1.75 bits per heavy atom. The Labute approximate surface area is 209 Å². The van der Waals surface area contributed by atoms with Crippen LogP contribution in [-0.2, 0) is 13.0 Å². The van der Waals surface area contributed by atoms with Crippen LogP contribution < -0.4 is 4.74 Å². The van der Waals surface area contributed by atoms with Crippen molar-refractivity contribution in [3.8, 4) is 22.6 Å². The van der Waals surface area contributed by atoms with Gasteiger partial charge in [0.25, 0.3) is 0 Å².